The minimum atomic E-state index is -0.934. The Labute approximate surface area is 73.9 Å². The Morgan fingerprint density at radius 1 is 1.80 bits per heavy atom. The Hall–Kier alpha value is 0.420. The van der Waals surface area contributed by atoms with Crippen LogP contribution < -0.4 is 5.73 Å². The van der Waals surface area contributed by atoms with Crippen molar-refractivity contribution in [1.29, 1.82) is 0 Å². The van der Waals surface area contributed by atoms with Gasteiger partial charge in [-0.3, -0.25) is 4.79 Å². The summed E-state index contributed by atoms with van der Waals surface area (Å²) in [6, 6.07) is -0.720. The average Bonchev–Trinajstić information content (AvgIpc) is 1.82. The number of halogens is 1. The first kappa shape index (κ1) is 13.0. The minimum absolute atomic E-state index is 0. The molecule has 0 aliphatic rings. The van der Waals surface area contributed by atoms with Crippen molar-refractivity contribution in [2.45, 2.75) is 6.04 Å². The van der Waals surface area contributed by atoms with Crippen molar-refractivity contribution in [1.82, 2.24) is 0 Å². The predicted octanol–water partition coefficient (Wildman–Crippen LogP) is 0.831. The Morgan fingerprint density at radius 2 is 2.30 bits per heavy atom. The van der Waals surface area contributed by atoms with Gasteiger partial charge in [0.25, 0.3) is 0 Å². The molecule has 3 N–H and O–H groups in total. The van der Waals surface area contributed by atoms with Crippen LogP contribution in [0.4, 0.5) is 0 Å². The lowest BCUT2D eigenvalue weighted by Gasteiger charge is -2.01. The molecule has 0 aromatic carbocycles. The molecule has 1 unspecified atom stereocenters. The van der Waals surface area contributed by atoms with E-state index in [1.54, 1.807) is 0 Å². The fraction of sp³-hybridized carbons (Fsp3) is 0.750. The van der Waals surface area contributed by atoms with Gasteiger partial charge >= 0.3 is 5.97 Å². The predicted molar refractivity (Wildman–Crippen MR) is 48.8 cm³/mol. The zero-order valence-corrected chi connectivity index (χ0v) is 7.89. The van der Waals surface area contributed by atoms with Gasteiger partial charge in [0.1, 0.15) is 6.04 Å². The first-order chi connectivity index (χ1) is 4.18. The van der Waals surface area contributed by atoms with Gasteiger partial charge in [-0.25, -0.2) is 0 Å². The van der Waals surface area contributed by atoms with Crippen molar-refractivity contribution in [2.75, 3.05) is 12.0 Å². The topological polar surface area (TPSA) is 63.3 Å². The van der Waals surface area contributed by atoms with Crippen LogP contribution in [-0.2, 0) is 4.79 Å². The largest absolute Gasteiger partial charge is 0.480 e. The summed E-state index contributed by atoms with van der Waals surface area (Å²) < 4.78 is 0. The molecule has 0 rings (SSSR count). The zero-order valence-electron chi connectivity index (χ0n) is 5.44. The molecule has 0 spiro atoms. The number of hydrogen-bond acceptors (Lipinski definition) is 4. The summed E-state index contributed by atoms with van der Waals surface area (Å²) in [6.45, 7) is 0. The van der Waals surface area contributed by atoms with Crippen LogP contribution in [0.2, 0.25) is 0 Å². The second kappa shape index (κ2) is 7.53. The number of aliphatic carboxylic acids is 1. The van der Waals surface area contributed by atoms with Crippen LogP contribution in [0.5, 0.6) is 0 Å². The maximum absolute atomic E-state index is 10.1. The summed E-state index contributed by atoms with van der Waals surface area (Å²) in [7, 11) is 2.98. The van der Waals surface area contributed by atoms with Crippen LogP contribution in [0.25, 0.3) is 0 Å². The average molecular weight is 204 g/mol. The van der Waals surface area contributed by atoms with Gasteiger partial charge in [0.05, 0.1) is 0 Å². The molecule has 62 valence electrons. The van der Waals surface area contributed by atoms with Crippen molar-refractivity contribution in [3.63, 3.8) is 0 Å². The summed E-state index contributed by atoms with van der Waals surface area (Å²) in [5.41, 5.74) is 5.17. The van der Waals surface area contributed by atoms with Crippen molar-refractivity contribution in [3.05, 3.63) is 0 Å². The Bertz CT molecular complexity index is 103. The van der Waals surface area contributed by atoms with Gasteiger partial charge in [0, 0.05) is 5.75 Å². The molecule has 0 saturated heterocycles. The molecule has 0 saturated carbocycles. The van der Waals surface area contributed by atoms with E-state index < -0.39 is 12.0 Å². The lowest BCUT2D eigenvalue weighted by Crippen LogP contribution is -2.32. The molecule has 0 heterocycles. The van der Waals surface area contributed by atoms with E-state index in [1.165, 1.54) is 21.6 Å². The van der Waals surface area contributed by atoms with E-state index in [9.17, 15) is 4.79 Å². The van der Waals surface area contributed by atoms with Crippen LogP contribution in [0.1, 0.15) is 0 Å². The van der Waals surface area contributed by atoms with Gasteiger partial charge in [-0.1, -0.05) is 21.6 Å². The van der Waals surface area contributed by atoms with Gasteiger partial charge in [0.2, 0.25) is 0 Å². The molecule has 0 fully saturated rings. The highest BCUT2D eigenvalue weighted by Crippen LogP contribution is 2.16. The number of carboxylic acid groups (broad SMARTS) is 1. The number of carbonyl (C=O) groups is 1. The smallest absolute Gasteiger partial charge is 0.321 e. The first-order valence-electron chi connectivity index (χ1n) is 2.32. The monoisotopic (exact) mass is 203 g/mol. The summed E-state index contributed by atoms with van der Waals surface area (Å²) in [5, 5.41) is 8.26. The molecule has 0 amide bonds. The van der Waals surface area contributed by atoms with Gasteiger partial charge in [-0.2, -0.15) is 0 Å². The standard InChI is InChI=1S/C4H9NO2S2.ClH/c1-8-9-2-3(5)4(6)7;/h3H,2,5H2,1H3,(H,6,7);1H. The fourth-order valence-electron chi connectivity index (χ4n) is 0.213. The lowest BCUT2D eigenvalue weighted by molar-refractivity contribution is -0.137. The molecule has 10 heavy (non-hydrogen) atoms. The molecule has 0 aromatic heterocycles. The van der Waals surface area contributed by atoms with Crippen molar-refractivity contribution < 1.29 is 9.90 Å². The molecule has 6 heteroatoms. The molecule has 0 radical (unpaired) electrons. The number of rotatable bonds is 4. The maximum atomic E-state index is 10.1. The maximum Gasteiger partial charge on any atom is 0.321 e. The second-order valence-electron chi connectivity index (χ2n) is 1.40. The molecule has 0 aliphatic heterocycles. The molecule has 3 nitrogen and oxygen atoms in total. The van der Waals surface area contributed by atoms with Gasteiger partial charge in [-0.05, 0) is 6.26 Å². The third kappa shape index (κ3) is 6.54. The van der Waals surface area contributed by atoms with Crippen LogP contribution >= 0.6 is 34.0 Å². The van der Waals surface area contributed by atoms with Crippen LogP contribution in [0.15, 0.2) is 0 Å². The van der Waals surface area contributed by atoms with Crippen molar-refractivity contribution >= 4 is 40.0 Å². The molecule has 0 aliphatic carbocycles. The van der Waals surface area contributed by atoms with E-state index in [2.05, 4.69) is 0 Å². The SMILES string of the molecule is CSSCC(N)C(=O)O.Cl. The van der Waals surface area contributed by atoms with E-state index in [4.69, 9.17) is 10.8 Å². The molecule has 0 bridgehead atoms. The third-order valence-electron chi connectivity index (χ3n) is 0.683. The molecule has 1 atom stereocenters. The fourth-order valence-corrected chi connectivity index (χ4v) is 1.49. The normalized spacial score (nSPS) is 11.8. The van der Waals surface area contributed by atoms with Gasteiger partial charge in [0.15, 0.2) is 0 Å². The quantitative estimate of drug-likeness (QED) is 0.663. The Kier molecular flexibility index (Phi) is 9.82. The van der Waals surface area contributed by atoms with E-state index in [-0.39, 0.29) is 12.4 Å². The molecule has 0 aromatic rings. The van der Waals surface area contributed by atoms with Crippen LogP contribution in [0, 0.1) is 0 Å². The van der Waals surface area contributed by atoms with Crippen LogP contribution in [0.3, 0.4) is 0 Å². The highest BCUT2D eigenvalue weighted by Gasteiger charge is 2.09. The number of carboxylic acids is 1. The second-order valence-corrected chi connectivity index (χ2v) is 4.01. The third-order valence-corrected chi connectivity index (χ3v) is 2.53. The van der Waals surface area contributed by atoms with E-state index in [0.29, 0.717) is 5.75 Å². The summed E-state index contributed by atoms with van der Waals surface area (Å²) in [6.07, 6.45) is 1.89. The highest BCUT2D eigenvalue weighted by molar-refractivity contribution is 8.76. The van der Waals surface area contributed by atoms with Gasteiger partial charge < -0.3 is 10.8 Å². The van der Waals surface area contributed by atoms with E-state index in [1.807, 2.05) is 6.26 Å². The first-order valence-corrected chi connectivity index (χ1v) is 5.05. The summed E-state index contributed by atoms with van der Waals surface area (Å²) in [5.74, 6) is -0.465. The number of hydrogen-bond donors (Lipinski definition) is 2. The lowest BCUT2D eigenvalue weighted by atomic mass is 10.4. The highest BCUT2D eigenvalue weighted by atomic mass is 35.5. The Balaban J connectivity index is 0. The molecular weight excluding hydrogens is 194 g/mol. The molecular formula is C4H10ClNO2S2. The van der Waals surface area contributed by atoms with E-state index >= 15 is 0 Å². The van der Waals surface area contributed by atoms with Crippen molar-refractivity contribution in [2.24, 2.45) is 5.73 Å². The summed E-state index contributed by atoms with van der Waals surface area (Å²) in [4.78, 5) is 10.1. The Morgan fingerprint density at radius 3 is 2.60 bits per heavy atom. The minimum Gasteiger partial charge on any atom is -0.480 e. The van der Waals surface area contributed by atoms with Gasteiger partial charge in [-0.15, -0.1) is 12.4 Å². The van der Waals surface area contributed by atoms with Crippen LogP contribution in [-0.4, -0.2) is 29.1 Å². The van der Waals surface area contributed by atoms with Crippen molar-refractivity contribution in [3.8, 4) is 0 Å². The number of nitrogens with two attached hydrogens (primary N) is 1. The van der Waals surface area contributed by atoms with E-state index in [0.717, 1.165) is 0 Å². The zero-order chi connectivity index (χ0) is 7.28. The summed E-state index contributed by atoms with van der Waals surface area (Å²) >= 11 is 0.